The minimum Gasteiger partial charge on any atom is -0.486 e. The molecule has 30 heavy (non-hydrogen) atoms. The number of halogens is 1. The monoisotopic (exact) mass is 428 g/mol. The van der Waals surface area contributed by atoms with E-state index in [1.165, 1.54) is 6.92 Å². The lowest BCUT2D eigenvalue weighted by atomic mass is 10.0. The number of benzene rings is 2. The Bertz CT molecular complexity index is 931. The molecule has 0 unspecified atom stereocenters. The molecule has 2 aliphatic rings. The predicted octanol–water partition coefficient (Wildman–Crippen LogP) is 4.04. The fourth-order valence-corrected chi connectivity index (χ4v) is 4.29. The van der Waals surface area contributed by atoms with Gasteiger partial charge in [0.1, 0.15) is 13.2 Å². The summed E-state index contributed by atoms with van der Waals surface area (Å²) in [6.07, 6.45) is 2.04. The van der Waals surface area contributed by atoms with Gasteiger partial charge in [-0.2, -0.15) is 0 Å². The number of nitrogens with one attached hydrogen (secondary N) is 1. The number of fused-ring (bicyclic) bond motifs is 1. The highest BCUT2D eigenvalue weighted by Gasteiger charge is 2.32. The molecule has 0 aromatic heterocycles. The van der Waals surface area contributed by atoms with Crippen molar-refractivity contribution in [2.24, 2.45) is 0 Å². The van der Waals surface area contributed by atoms with E-state index in [0.717, 1.165) is 35.5 Å². The van der Waals surface area contributed by atoms with E-state index >= 15 is 0 Å². The van der Waals surface area contributed by atoms with Gasteiger partial charge in [0.15, 0.2) is 11.5 Å². The lowest BCUT2D eigenvalue weighted by Gasteiger charge is -2.28. The molecule has 0 spiro atoms. The summed E-state index contributed by atoms with van der Waals surface area (Å²) in [7, 11) is 0. The summed E-state index contributed by atoms with van der Waals surface area (Å²) in [6, 6.07) is 12.7. The second-order valence-corrected chi connectivity index (χ2v) is 8.09. The summed E-state index contributed by atoms with van der Waals surface area (Å²) in [4.78, 5) is 26.9. The SMILES string of the molecule is CC(=O)N[C@@H](CC(=O)N1CCC[C@@H]1c1ccc2c(c1)OCCO2)c1ccc(Cl)cc1. The molecular formula is C23H25ClN2O4. The Morgan fingerprint density at radius 3 is 2.60 bits per heavy atom. The van der Waals surface area contributed by atoms with Crippen molar-refractivity contribution in [3.05, 3.63) is 58.6 Å². The molecule has 0 bridgehead atoms. The molecule has 158 valence electrons. The van der Waals surface area contributed by atoms with Crippen molar-refractivity contribution in [3.8, 4) is 11.5 Å². The first kappa shape index (κ1) is 20.5. The van der Waals surface area contributed by atoms with E-state index in [-0.39, 0.29) is 24.3 Å². The fraction of sp³-hybridized carbons (Fsp3) is 0.391. The molecule has 7 heteroatoms. The number of nitrogens with zero attached hydrogens (tertiary/aromatic N) is 1. The normalized spacial score (nSPS) is 18.7. The Kier molecular flexibility index (Phi) is 6.13. The van der Waals surface area contributed by atoms with Gasteiger partial charge in [0.2, 0.25) is 11.8 Å². The molecule has 2 heterocycles. The van der Waals surface area contributed by atoms with E-state index in [0.29, 0.717) is 24.8 Å². The zero-order valence-corrected chi connectivity index (χ0v) is 17.7. The number of carbonyl (C=O) groups excluding carboxylic acids is 2. The van der Waals surface area contributed by atoms with Crippen LogP contribution in [0.15, 0.2) is 42.5 Å². The number of amides is 2. The van der Waals surface area contributed by atoms with Crippen LogP contribution in [0.3, 0.4) is 0 Å². The number of rotatable bonds is 5. The van der Waals surface area contributed by atoms with Crippen molar-refractivity contribution in [1.29, 1.82) is 0 Å². The van der Waals surface area contributed by atoms with Gasteiger partial charge in [0.25, 0.3) is 0 Å². The number of carbonyl (C=O) groups is 2. The topological polar surface area (TPSA) is 67.9 Å². The summed E-state index contributed by atoms with van der Waals surface area (Å²) < 4.78 is 11.3. The summed E-state index contributed by atoms with van der Waals surface area (Å²) in [6.45, 7) is 3.24. The van der Waals surface area contributed by atoms with E-state index in [4.69, 9.17) is 21.1 Å². The lowest BCUT2D eigenvalue weighted by molar-refractivity contribution is -0.133. The van der Waals surface area contributed by atoms with E-state index in [1.807, 2.05) is 35.2 Å². The molecular weight excluding hydrogens is 404 g/mol. The number of likely N-dealkylation sites (tertiary alicyclic amines) is 1. The van der Waals surface area contributed by atoms with Crippen LogP contribution in [0.25, 0.3) is 0 Å². The van der Waals surface area contributed by atoms with Crippen LogP contribution in [0.2, 0.25) is 5.02 Å². The van der Waals surface area contributed by atoms with E-state index in [2.05, 4.69) is 5.32 Å². The zero-order valence-electron chi connectivity index (χ0n) is 16.9. The van der Waals surface area contributed by atoms with Gasteiger partial charge in [-0.05, 0) is 48.2 Å². The van der Waals surface area contributed by atoms with Gasteiger partial charge in [0, 0.05) is 18.5 Å². The van der Waals surface area contributed by atoms with Gasteiger partial charge < -0.3 is 19.7 Å². The molecule has 0 radical (unpaired) electrons. The molecule has 4 rings (SSSR count). The van der Waals surface area contributed by atoms with Gasteiger partial charge >= 0.3 is 0 Å². The molecule has 2 aliphatic heterocycles. The summed E-state index contributed by atoms with van der Waals surface area (Å²) in [5.41, 5.74) is 1.91. The highest BCUT2D eigenvalue weighted by Crippen LogP contribution is 2.38. The maximum atomic E-state index is 13.2. The molecule has 1 fully saturated rings. The quantitative estimate of drug-likeness (QED) is 0.780. The van der Waals surface area contributed by atoms with Gasteiger partial charge in [-0.3, -0.25) is 9.59 Å². The summed E-state index contributed by atoms with van der Waals surface area (Å²) in [5, 5.41) is 3.52. The summed E-state index contributed by atoms with van der Waals surface area (Å²) >= 11 is 5.99. The Morgan fingerprint density at radius 1 is 1.13 bits per heavy atom. The zero-order chi connectivity index (χ0) is 21.1. The van der Waals surface area contributed by atoms with Gasteiger partial charge in [0.05, 0.1) is 18.5 Å². The molecule has 0 aliphatic carbocycles. The number of ether oxygens (including phenoxy) is 2. The minimum atomic E-state index is -0.395. The van der Waals surface area contributed by atoms with Gasteiger partial charge in [-0.25, -0.2) is 0 Å². The molecule has 0 saturated carbocycles. The summed E-state index contributed by atoms with van der Waals surface area (Å²) in [5.74, 6) is 1.32. The minimum absolute atomic E-state index is 0.00322. The first-order valence-electron chi connectivity index (χ1n) is 10.2. The van der Waals surface area contributed by atoms with Crippen molar-refractivity contribution in [1.82, 2.24) is 10.2 Å². The fourth-order valence-electron chi connectivity index (χ4n) is 4.16. The third-order valence-electron chi connectivity index (χ3n) is 5.55. The second-order valence-electron chi connectivity index (χ2n) is 7.66. The van der Waals surface area contributed by atoms with Crippen LogP contribution in [-0.4, -0.2) is 36.5 Å². The Morgan fingerprint density at radius 2 is 1.87 bits per heavy atom. The molecule has 1 saturated heterocycles. The molecule has 6 nitrogen and oxygen atoms in total. The third-order valence-corrected chi connectivity index (χ3v) is 5.80. The molecule has 2 amide bonds. The number of hydrogen-bond acceptors (Lipinski definition) is 4. The van der Waals surface area contributed by atoms with Crippen LogP contribution in [0, 0.1) is 0 Å². The number of hydrogen-bond donors (Lipinski definition) is 1. The first-order valence-corrected chi connectivity index (χ1v) is 10.6. The van der Waals surface area contributed by atoms with Crippen LogP contribution >= 0.6 is 11.6 Å². The maximum Gasteiger partial charge on any atom is 0.225 e. The van der Waals surface area contributed by atoms with E-state index in [9.17, 15) is 9.59 Å². The van der Waals surface area contributed by atoms with Crippen LogP contribution in [0.5, 0.6) is 11.5 Å². The van der Waals surface area contributed by atoms with Crippen LogP contribution in [0.4, 0.5) is 0 Å². The largest absolute Gasteiger partial charge is 0.486 e. The first-order chi connectivity index (χ1) is 14.5. The Labute approximate surface area is 181 Å². The van der Waals surface area contributed by atoms with E-state index < -0.39 is 6.04 Å². The van der Waals surface area contributed by atoms with Crippen molar-refractivity contribution < 1.29 is 19.1 Å². The highest BCUT2D eigenvalue weighted by atomic mass is 35.5. The van der Waals surface area contributed by atoms with Gasteiger partial charge in [-0.15, -0.1) is 0 Å². The van der Waals surface area contributed by atoms with Crippen molar-refractivity contribution >= 4 is 23.4 Å². The molecule has 2 aromatic carbocycles. The molecule has 2 aromatic rings. The lowest BCUT2D eigenvalue weighted by Crippen LogP contribution is -2.35. The smallest absolute Gasteiger partial charge is 0.225 e. The molecule has 1 N–H and O–H groups in total. The van der Waals surface area contributed by atoms with Crippen LogP contribution in [0.1, 0.15) is 49.4 Å². The van der Waals surface area contributed by atoms with Gasteiger partial charge in [-0.1, -0.05) is 29.8 Å². The van der Waals surface area contributed by atoms with Crippen molar-refractivity contribution in [2.75, 3.05) is 19.8 Å². The Hall–Kier alpha value is -2.73. The highest BCUT2D eigenvalue weighted by molar-refractivity contribution is 6.30. The average molecular weight is 429 g/mol. The average Bonchev–Trinajstić information content (AvgIpc) is 3.23. The van der Waals surface area contributed by atoms with E-state index in [1.54, 1.807) is 12.1 Å². The van der Waals surface area contributed by atoms with Crippen LogP contribution < -0.4 is 14.8 Å². The van der Waals surface area contributed by atoms with Crippen molar-refractivity contribution in [2.45, 2.75) is 38.3 Å². The maximum absolute atomic E-state index is 13.2. The Balaban J connectivity index is 1.52. The van der Waals surface area contributed by atoms with Crippen molar-refractivity contribution in [3.63, 3.8) is 0 Å². The van der Waals surface area contributed by atoms with Crippen LogP contribution in [-0.2, 0) is 9.59 Å². The molecule has 2 atom stereocenters. The second kappa shape index (κ2) is 8.96. The standard InChI is InChI=1S/C23H25ClN2O4/c1-15(27)25-19(16-4-7-18(24)8-5-16)14-23(28)26-10-2-3-20(26)17-6-9-21-22(13-17)30-12-11-29-21/h4-9,13,19-20H,2-3,10-12,14H2,1H3,(H,25,27)/t19-,20+/m0/s1. The predicted molar refractivity (Wildman–Crippen MR) is 114 cm³/mol. The third kappa shape index (κ3) is 4.54.